The molecule has 34 heavy (non-hydrogen) atoms. The molecule has 0 aliphatic heterocycles. The van der Waals surface area contributed by atoms with Crippen molar-refractivity contribution in [1.82, 2.24) is 14.8 Å². The van der Waals surface area contributed by atoms with E-state index >= 15 is 0 Å². The fraction of sp³-hybridized carbons (Fsp3) is 0.429. The van der Waals surface area contributed by atoms with Gasteiger partial charge in [-0.2, -0.15) is 0 Å². The number of nitrogens with zero attached hydrogens (tertiary/aromatic N) is 2. The predicted molar refractivity (Wildman–Crippen MR) is 149 cm³/mol. The van der Waals surface area contributed by atoms with Gasteiger partial charge in [-0.25, -0.2) is 0 Å². The molecule has 3 rings (SSSR count). The van der Waals surface area contributed by atoms with Gasteiger partial charge in [0, 0.05) is 28.7 Å². The highest BCUT2D eigenvalue weighted by atomic mass is 32.1. The van der Waals surface area contributed by atoms with E-state index < -0.39 is 0 Å². The van der Waals surface area contributed by atoms with Gasteiger partial charge in [0.1, 0.15) is 0 Å². The van der Waals surface area contributed by atoms with Crippen molar-refractivity contribution in [3.05, 3.63) is 75.1 Å². The van der Waals surface area contributed by atoms with Crippen LogP contribution in [0.2, 0.25) is 0 Å². The first-order chi connectivity index (χ1) is 16.4. The van der Waals surface area contributed by atoms with E-state index in [1.165, 1.54) is 5.56 Å². The minimum absolute atomic E-state index is 0.0528. The Morgan fingerprint density at radius 1 is 1.00 bits per heavy atom. The van der Waals surface area contributed by atoms with Crippen LogP contribution in [0.15, 0.2) is 47.3 Å². The summed E-state index contributed by atoms with van der Waals surface area (Å²) in [6, 6.07) is 14.5. The van der Waals surface area contributed by atoms with Crippen molar-refractivity contribution in [1.29, 1.82) is 0 Å². The minimum Gasteiger partial charge on any atom is -0.344 e. The van der Waals surface area contributed by atoms with Gasteiger partial charge in [0.05, 0.1) is 6.54 Å². The number of aromatic amines is 1. The maximum Gasteiger partial charge on any atom is 0.253 e. The molecule has 5 nitrogen and oxygen atoms in total. The number of thiocarbonyl (C=S) groups is 1. The zero-order valence-corrected chi connectivity index (χ0v) is 22.0. The van der Waals surface area contributed by atoms with Gasteiger partial charge in [0.2, 0.25) is 0 Å². The third kappa shape index (κ3) is 6.45. The molecule has 0 unspecified atom stereocenters. The Balaban J connectivity index is 1.87. The Morgan fingerprint density at radius 2 is 1.74 bits per heavy atom. The van der Waals surface area contributed by atoms with Crippen LogP contribution in [0.3, 0.4) is 0 Å². The number of hydrogen-bond acceptors (Lipinski definition) is 3. The first-order valence-corrected chi connectivity index (χ1v) is 12.8. The summed E-state index contributed by atoms with van der Waals surface area (Å²) >= 11 is 5.87. The van der Waals surface area contributed by atoms with E-state index in [1.54, 1.807) is 0 Å². The zero-order valence-electron chi connectivity index (χ0n) is 21.2. The monoisotopic (exact) mass is 478 g/mol. The molecule has 0 bridgehead atoms. The lowest BCUT2D eigenvalue weighted by Gasteiger charge is -2.28. The molecule has 0 saturated carbocycles. The van der Waals surface area contributed by atoms with E-state index in [2.05, 4.69) is 72.9 Å². The SMILES string of the molecule is CCc1ccccc1NC(=S)N(CCCN(CC)CC)Cc1cc2c(C)cc(C)cc2[nH]c1=O. The minimum atomic E-state index is -0.0528. The number of pyridine rings is 1. The second-order valence-corrected chi connectivity index (χ2v) is 9.30. The average Bonchev–Trinajstić information content (AvgIpc) is 2.82. The number of aromatic nitrogens is 1. The second kappa shape index (κ2) is 12.1. The average molecular weight is 479 g/mol. The molecular formula is C28H38N4OS. The lowest BCUT2D eigenvalue weighted by atomic mass is 10.0. The Kier molecular flexibility index (Phi) is 9.25. The molecule has 1 heterocycles. The summed E-state index contributed by atoms with van der Waals surface area (Å²) in [6.07, 6.45) is 1.90. The van der Waals surface area contributed by atoms with E-state index in [-0.39, 0.29) is 5.56 Å². The maximum absolute atomic E-state index is 13.0. The molecule has 0 spiro atoms. The predicted octanol–water partition coefficient (Wildman–Crippen LogP) is 5.64. The van der Waals surface area contributed by atoms with Gasteiger partial charge in [-0.3, -0.25) is 4.79 Å². The smallest absolute Gasteiger partial charge is 0.253 e. The number of fused-ring (bicyclic) bond motifs is 1. The van der Waals surface area contributed by atoms with Crippen molar-refractivity contribution in [3.8, 4) is 0 Å². The van der Waals surface area contributed by atoms with E-state index in [1.807, 2.05) is 24.3 Å². The summed E-state index contributed by atoms with van der Waals surface area (Å²) in [7, 11) is 0. The molecule has 0 atom stereocenters. The van der Waals surface area contributed by atoms with Crippen LogP contribution in [-0.4, -0.2) is 46.1 Å². The highest BCUT2D eigenvalue weighted by molar-refractivity contribution is 7.80. The van der Waals surface area contributed by atoms with E-state index in [0.717, 1.165) is 72.3 Å². The molecule has 0 amide bonds. The van der Waals surface area contributed by atoms with Gasteiger partial charge in [-0.05, 0) is 93.4 Å². The van der Waals surface area contributed by atoms with Crippen LogP contribution in [0.5, 0.6) is 0 Å². The second-order valence-electron chi connectivity index (χ2n) is 8.91. The number of H-pyrrole nitrogens is 1. The molecule has 0 aliphatic carbocycles. The summed E-state index contributed by atoms with van der Waals surface area (Å²) in [5.74, 6) is 0. The number of benzene rings is 2. The lowest BCUT2D eigenvalue weighted by molar-refractivity contribution is 0.281. The topological polar surface area (TPSA) is 51.4 Å². The molecule has 2 aromatic carbocycles. The standard InChI is InChI=1S/C28H38N4OS/c1-6-22-12-9-10-13-25(22)30-28(34)32(15-11-14-31(7-2)8-3)19-23-18-24-21(5)16-20(4)17-26(24)29-27(23)33/h9-10,12-13,16-18H,6-8,11,14-15,19H2,1-5H3,(H,29,33)(H,30,34). The fourth-order valence-corrected chi connectivity index (χ4v) is 4.73. The van der Waals surface area contributed by atoms with E-state index in [0.29, 0.717) is 11.7 Å². The Morgan fingerprint density at radius 3 is 2.44 bits per heavy atom. The van der Waals surface area contributed by atoms with Crippen LogP contribution in [-0.2, 0) is 13.0 Å². The molecule has 0 radical (unpaired) electrons. The van der Waals surface area contributed by atoms with Crippen LogP contribution in [0, 0.1) is 13.8 Å². The first-order valence-electron chi connectivity index (χ1n) is 12.4. The quantitative estimate of drug-likeness (QED) is 0.370. The molecule has 0 fully saturated rings. The van der Waals surface area contributed by atoms with Crippen LogP contribution in [0.4, 0.5) is 5.69 Å². The number of rotatable bonds is 10. The third-order valence-electron chi connectivity index (χ3n) is 6.47. The Bertz CT molecular complexity index is 1180. The summed E-state index contributed by atoms with van der Waals surface area (Å²) in [5.41, 5.74) is 6.13. The third-order valence-corrected chi connectivity index (χ3v) is 6.83. The van der Waals surface area contributed by atoms with Crippen LogP contribution in [0.25, 0.3) is 10.9 Å². The van der Waals surface area contributed by atoms with Crippen LogP contribution < -0.4 is 10.9 Å². The van der Waals surface area contributed by atoms with Gasteiger partial charge in [-0.1, -0.05) is 45.0 Å². The molecule has 6 heteroatoms. The normalized spacial score (nSPS) is 11.2. The van der Waals surface area contributed by atoms with Crippen molar-refractivity contribution < 1.29 is 0 Å². The first kappa shape index (κ1) is 25.9. The van der Waals surface area contributed by atoms with Crippen molar-refractivity contribution in [3.63, 3.8) is 0 Å². The number of para-hydroxylation sites is 1. The molecule has 3 aromatic rings. The van der Waals surface area contributed by atoms with Crippen molar-refractivity contribution in [2.75, 3.05) is 31.5 Å². The number of aryl methyl sites for hydroxylation is 3. The summed E-state index contributed by atoms with van der Waals surface area (Å²) < 4.78 is 0. The fourth-order valence-electron chi connectivity index (χ4n) is 4.46. The van der Waals surface area contributed by atoms with E-state index in [4.69, 9.17) is 12.2 Å². The lowest BCUT2D eigenvalue weighted by Crippen LogP contribution is -2.38. The summed E-state index contributed by atoms with van der Waals surface area (Å²) in [4.78, 5) is 20.6. The highest BCUT2D eigenvalue weighted by Crippen LogP contribution is 2.20. The zero-order chi connectivity index (χ0) is 24.7. The Hall–Kier alpha value is -2.70. The largest absolute Gasteiger partial charge is 0.344 e. The van der Waals surface area contributed by atoms with Gasteiger partial charge in [0.25, 0.3) is 5.56 Å². The van der Waals surface area contributed by atoms with Gasteiger partial charge >= 0.3 is 0 Å². The molecule has 0 saturated heterocycles. The molecule has 1 aromatic heterocycles. The molecule has 2 N–H and O–H groups in total. The van der Waals surface area contributed by atoms with Crippen molar-refractivity contribution >= 4 is 33.9 Å². The van der Waals surface area contributed by atoms with Crippen LogP contribution >= 0.6 is 12.2 Å². The van der Waals surface area contributed by atoms with Gasteiger partial charge in [-0.15, -0.1) is 0 Å². The number of hydrogen-bond donors (Lipinski definition) is 2. The molecule has 182 valence electrons. The Labute approximate surface area is 209 Å². The van der Waals surface area contributed by atoms with Crippen molar-refractivity contribution in [2.24, 2.45) is 0 Å². The highest BCUT2D eigenvalue weighted by Gasteiger charge is 2.15. The number of nitrogens with one attached hydrogen (secondary N) is 2. The maximum atomic E-state index is 13.0. The van der Waals surface area contributed by atoms with Gasteiger partial charge < -0.3 is 20.1 Å². The van der Waals surface area contributed by atoms with Crippen LogP contribution in [0.1, 0.15) is 49.4 Å². The van der Waals surface area contributed by atoms with Crippen molar-refractivity contribution in [2.45, 2.75) is 54.0 Å². The van der Waals surface area contributed by atoms with Gasteiger partial charge in [0.15, 0.2) is 5.11 Å². The van der Waals surface area contributed by atoms with E-state index in [9.17, 15) is 4.79 Å². The number of anilines is 1. The summed E-state index contributed by atoms with van der Waals surface area (Å²) in [6.45, 7) is 15.0. The summed E-state index contributed by atoms with van der Waals surface area (Å²) in [5, 5.41) is 5.19. The molecular weight excluding hydrogens is 440 g/mol. The molecule has 0 aliphatic rings.